The van der Waals surface area contributed by atoms with Crippen LogP contribution in [0.1, 0.15) is 68.5 Å². The van der Waals surface area contributed by atoms with E-state index in [0.29, 0.717) is 6.61 Å². The average Bonchev–Trinajstić information content (AvgIpc) is 3.23. The lowest BCUT2D eigenvalue weighted by atomic mass is 10.1. The number of ether oxygens (including phenoxy) is 2. The third-order valence-electron chi connectivity index (χ3n) is 8.36. The molecular weight excluding hydrogens is 624 g/mol. The second kappa shape index (κ2) is 13.3. The van der Waals surface area contributed by atoms with Gasteiger partial charge in [-0.3, -0.25) is 4.57 Å². The SMILES string of the molecule is CCOc1ccn([C@H]2O[C@@H]3CO[Si](C(C)C)(C(C)C)O[Si](C(C)C)(C(C)C)O[C@H]3/C2=C/S(=O)(=O)c2ccccc2F)c(=O)n1. The molecule has 0 radical (unpaired) electrons. The zero-order chi connectivity index (χ0) is 32.6. The highest BCUT2D eigenvalue weighted by atomic mass is 32.2. The number of aromatic nitrogens is 2. The summed E-state index contributed by atoms with van der Waals surface area (Å²) in [5.41, 5.74) is -0.497. The van der Waals surface area contributed by atoms with Crippen LogP contribution < -0.4 is 10.4 Å². The van der Waals surface area contributed by atoms with Gasteiger partial charge in [-0.1, -0.05) is 67.5 Å². The molecule has 0 aliphatic carbocycles. The van der Waals surface area contributed by atoms with Crippen molar-refractivity contribution >= 4 is 27.0 Å². The van der Waals surface area contributed by atoms with Crippen molar-refractivity contribution in [2.24, 2.45) is 0 Å². The molecule has 0 bridgehead atoms. The van der Waals surface area contributed by atoms with Gasteiger partial charge in [0.25, 0.3) is 0 Å². The molecule has 3 heterocycles. The molecule has 3 atom stereocenters. The van der Waals surface area contributed by atoms with E-state index in [1.165, 1.54) is 35.0 Å². The fourth-order valence-corrected chi connectivity index (χ4v) is 18.7. The van der Waals surface area contributed by atoms with Crippen LogP contribution >= 0.6 is 0 Å². The number of fused-ring (bicyclic) bond motifs is 1. The van der Waals surface area contributed by atoms with E-state index in [0.717, 1.165) is 11.5 Å². The van der Waals surface area contributed by atoms with Crippen molar-refractivity contribution in [2.45, 2.75) is 108 Å². The standard InChI is InChI=1S/C30H45FN2O8SSi2/c1-10-37-27-15-16-33(30(34)32-27)29-23(18-42(35,36)26-14-12-11-13-24(26)31)28-25(39-29)17-38-43(19(2)3,20(4)5)41-44(40-28,21(6)7)22(8)9/h11-16,18-22,25,28-29H,10,17H2,1-9H3/b23-18-/t25-,28+,29+/m1/s1. The molecule has 0 N–H and O–H groups in total. The number of halogens is 1. The lowest BCUT2D eigenvalue weighted by molar-refractivity contribution is -0.0562. The third kappa shape index (κ3) is 6.39. The van der Waals surface area contributed by atoms with Gasteiger partial charge in [0.05, 0.1) is 13.2 Å². The molecule has 0 spiro atoms. The molecule has 244 valence electrons. The summed E-state index contributed by atoms with van der Waals surface area (Å²) in [5, 5.41) is 0.973. The van der Waals surface area contributed by atoms with Gasteiger partial charge in [0, 0.05) is 23.2 Å². The van der Waals surface area contributed by atoms with Crippen LogP contribution in [0.25, 0.3) is 0 Å². The van der Waals surface area contributed by atoms with Gasteiger partial charge in [0.2, 0.25) is 15.7 Å². The van der Waals surface area contributed by atoms with Gasteiger partial charge in [0.1, 0.15) is 22.9 Å². The summed E-state index contributed by atoms with van der Waals surface area (Å²) in [6.45, 7) is 18.7. The maximum Gasteiger partial charge on any atom is 0.353 e. The molecule has 0 saturated carbocycles. The maximum atomic E-state index is 14.8. The molecule has 0 amide bonds. The highest BCUT2D eigenvalue weighted by Gasteiger charge is 2.61. The van der Waals surface area contributed by atoms with Crippen molar-refractivity contribution in [2.75, 3.05) is 13.2 Å². The predicted octanol–water partition coefficient (Wildman–Crippen LogP) is 5.99. The molecule has 44 heavy (non-hydrogen) atoms. The first-order valence-corrected chi connectivity index (χ1v) is 20.7. The summed E-state index contributed by atoms with van der Waals surface area (Å²) in [4.78, 5) is 16.8. The summed E-state index contributed by atoms with van der Waals surface area (Å²) in [6, 6.07) is 6.66. The largest absolute Gasteiger partial charge is 0.478 e. The minimum Gasteiger partial charge on any atom is -0.478 e. The van der Waals surface area contributed by atoms with Crippen LogP contribution in [-0.4, -0.2) is 60.5 Å². The lowest BCUT2D eigenvalue weighted by Gasteiger charge is -2.51. The zero-order valence-electron chi connectivity index (χ0n) is 26.9. The van der Waals surface area contributed by atoms with Crippen molar-refractivity contribution in [3.63, 3.8) is 0 Å². The summed E-state index contributed by atoms with van der Waals surface area (Å²) in [5.74, 6) is -0.759. The smallest absolute Gasteiger partial charge is 0.353 e. The summed E-state index contributed by atoms with van der Waals surface area (Å²) in [7, 11) is -10.5. The van der Waals surface area contributed by atoms with Crippen LogP contribution in [0.4, 0.5) is 4.39 Å². The first kappa shape index (κ1) is 34.7. The van der Waals surface area contributed by atoms with Crippen LogP contribution in [0.5, 0.6) is 5.88 Å². The molecule has 1 aromatic heterocycles. The Morgan fingerprint density at radius 1 is 1.02 bits per heavy atom. The van der Waals surface area contributed by atoms with Gasteiger partial charge in [-0.15, -0.1) is 0 Å². The number of sulfone groups is 1. The summed E-state index contributed by atoms with van der Waals surface area (Å²) in [6.07, 6.45) is -1.51. The molecule has 10 nitrogen and oxygen atoms in total. The highest BCUT2D eigenvalue weighted by molar-refractivity contribution is 7.94. The van der Waals surface area contributed by atoms with Gasteiger partial charge in [-0.05, 0) is 41.2 Å². The van der Waals surface area contributed by atoms with Crippen LogP contribution in [0.3, 0.4) is 0 Å². The summed E-state index contributed by atoms with van der Waals surface area (Å²) < 4.78 is 76.6. The quantitative estimate of drug-likeness (QED) is 0.297. The van der Waals surface area contributed by atoms with E-state index < -0.39 is 61.8 Å². The van der Waals surface area contributed by atoms with Gasteiger partial charge < -0.3 is 22.4 Å². The normalized spacial score (nSPS) is 24.6. The van der Waals surface area contributed by atoms with Crippen molar-refractivity contribution < 1.29 is 35.2 Å². The maximum absolute atomic E-state index is 14.8. The van der Waals surface area contributed by atoms with Crippen molar-refractivity contribution in [1.29, 1.82) is 0 Å². The number of benzene rings is 1. The minimum atomic E-state index is -4.36. The Balaban J connectivity index is 1.96. The van der Waals surface area contributed by atoms with Crippen LogP contribution in [0, 0.1) is 5.82 Å². The molecule has 2 saturated heterocycles. The van der Waals surface area contributed by atoms with Gasteiger partial charge in [-0.25, -0.2) is 17.6 Å². The molecule has 2 aromatic rings. The lowest BCUT2D eigenvalue weighted by Crippen LogP contribution is -2.65. The fourth-order valence-electron chi connectivity index (χ4n) is 6.14. The molecule has 2 aliphatic rings. The average molecular weight is 669 g/mol. The van der Waals surface area contributed by atoms with E-state index in [9.17, 15) is 17.6 Å². The van der Waals surface area contributed by atoms with Gasteiger partial charge in [-0.2, -0.15) is 4.98 Å². The molecular formula is C30H45FN2O8SSi2. The van der Waals surface area contributed by atoms with E-state index in [1.54, 1.807) is 6.92 Å². The van der Waals surface area contributed by atoms with Crippen molar-refractivity contribution in [3.8, 4) is 5.88 Å². The molecule has 2 fully saturated rings. The first-order chi connectivity index (χ1) is 20.6. The van der Waals surface area contributed by atoms with E-state index in [2.05, 4.69) is 60.4 Å². The Labute approximate surface area is 262 Å². The second-order valence-corrected chi connectivity index (χ2v) is 23.1. The molecule has 14 heteroatoms. The van der Waals surface area contributed by atoms with E-state index in [-0.39, 0.29) is 40.2 Å². The van der Waals surface area contributed by atoms with Crippen molar-refractivity contribution in [1.82, 2.24) is 9.55 Å². The number of hydrogen-bond donors (Lipinski definition) is 0. The Hall–Kier alpha value is -2.21. The Morgan fingerprint density at radius 3 is 2.18 bits per heavy atom. The van der Waals surface area contributed by atoms with Crippen molar-refractivity contribution in [3.05, 3.63) is 63.8 Å². The number of rotatable bonds is 9. The molecule has 0 unspecified atom stereocenters. The summed E-state index contributed by atoms with van der Waals surface area (Å²) >= 11 is 0. The fraction of sp³-hybridized carbons (Fsp3) is 0.600. The monoisotopic (exact) mass is 668 g/mol. The molecule has 1 aromatic carbocycles. The Kier molecular flexibility index (Phi) is 10.4. The second-order valence-electron chi connectivity index (χ2n) is 12.5. The number of hydrogen-bond acceptors (Lipinski definition) is 9. The van der Waals surface area contributed by atoms with Gasteiger partial charge >= 0.3 is 22.8 Å². The molecule has 4 rings (SSSR count). The predicted molar refractivity (Wildman–Crippen MR) is 169 cm³/mol. The van der Waals surface area contributed by atoms with Gasteiger partial charge in [0.15, 0.2) is 6.23 Å². The highest BCUT2D eigenvalue weighted by Crippen LogP contribution is 2.49. The van der Waals surface area contributed by atoms with Crippen LogP contribution in [-0.2, 0) is 27.5 Å². The van der Waals surface area contributed by atoms with E-state index in [1.807, 2.05) is 0 Å². The molecule has 2 aliphatic heterocycles. The Morgan fingerprint density at radius 2 is 1.64 bits per heavy atom. The zero-order valence-corrected chi connectivity index (χ0v) is 29.8. The van der Waals surface area contributed by atoms with E-state index >= 15 is 0 Å². The number of nitrogens with zero attached hydrogens (tertiary/aromatic N) is 2. The topological polar surface area (TPSA) is 115 Å². The first-order valence-electron chi connectivity index (χ1n) is 15.2. The minimum absolute atomic E-state index is 0.0486. The van der Waals surface area contributed by atoms with E-state index in [4.69, 9.17) is 22.4 Å². The van der Waals surface area contributed by atoms with Crippen LogP contribution in [0.2, 0.25) is 22.2 Å². The Bertz CT molecular complexity index is 1510. The van der Waals surface area contributed by atoms with Crippen LogP contribution in [0.15, 0.2) is 57.2 Å². The third-order valence-corrected chi connectivity index (χ3v) is 20.1.